The molecule has 3 rings (SSSR count). The summed E-state index contributed by atoms with van der Waals surface area (Å²) < 4.78 is 16.0. The number of carbonyl (C=O) groups excluding carboxylic acids is 4. The van der Waals surface area contributed by atoms with Gasteiger partial charge < -0.3 is 14.2 Å². The summed E-state index contributed by atoms with van der Waals surface area (Å²) >= 11 is 0. The molecule has 7 nitrogen and oxygen atoms in total. The first-order valence-electron chi connectivity index (χ1n) is 18.3. The normalized spacial score (nSPS) is 11.5. The number of Topliss-reactive ketones (excluding diaryl/α,β-unsaturated/α-hetero) is 1. The van der Waals surface area contributed by atoms with Crippen molar-refractivity contribution in [2.75, 3.05) is 6.61 Å². The number of ketones is 1. The zero-order chi connectivity index (χ0) is 35.3. The molecule has 0 saturated heterocycles. The van der Waals surface area contributed by atoms with Crippen LogP contribution in [0.15, 0.2) is 72.8 Å². The van der Waals surface area contributed by atoms with Gasteiger partial charge in [-0.25, -0.2) is 14.4 Å². The minimum atomic E-state index is -1.03. The highest BCUT2D eigenvalue weighted by molar-refractivity contribution is 5.96. The van der Waals surface area contributed by atoms with Crippen LogP contribution in [0.1, 0.15) is 148 Å². The van der Waals surface area contributed by atoms with E-state index >= 15 is 0 Å². The smallest absolute Gasteiger partial charge is 0.347 e. The fourth-order valence-corrected chi connectivity index (χ4v) is 5.49. The van der Waals surface area contributed by atoms with Crippen LogP contribution in [-0.2, 0) is 14.3 Å². The van der Waals surface area contributed by atoms with Crippen molar-refractivity contribution >= 4 is 23.7 Å². The van der Waals surface area contributed by atoms with Crippen molar-refractivity contribution < 1.29 is 33.4 Å². The van der Waals surface area contributed by atoms with E-state index in [4.69, 9.17) is 14.2 Å². The maximum absolute atomic E-state index is 12.8. The van der Waals surface area contributed by atoms with Gasteiger partial charge in [0.05, 0.1) is 17.7 Å². The Morgan fingerprint density at radius 1 is 0.531 bits per heavy atom. The van der Waals surface area contributed by atoms with Crippen molar-refractivity contribution in [3.8, 4) is 16.9 Å². The molecule has 0 saturated carbocycles. The summed E-state index contributed by atoms with van der Waals surface area (Å²) in [5.41, 5.74) is 3.19. The standard InChI is InChI=1S/C42H54O7/c1-4-6-8-10-12-14-16-18-39(43)35-23-19-33(20-24-35)34-21-25-36(26-22-34)42(46)49-38-29-27-37(28-30-38)41(45)48-32(3)40(44)47-31-17-15-13-11-9-7-5-2/h19-30,32H,4-18,31H2,1-3H3. The van der Waals surface area contributed by atoms with Crippen LogP contribution >= 0.6 is 0 Å². The largest absolute Gasteiger partial charge is 0.463 e. The topological polar surface area (TPSA) is 96.0 Å². The van der Waals surface area contributed by atoms with E-state index in [1.165, 1.54) is 89.0 Å². The molecule has 7 heteroatoms. The highest BCUT2D eigenvalue weighted by Crippen LogP contribution is 2.23. The van der Waals surface area contributed by atoms with Crippen molar-refractivity contribution in [1.82, 2.24) is 0 Å². The summed E-state index contributed by atoms with van der Waals surface area (Å²) in [6.07, 6.45) is 15.6. The number of unbranched alkanes of at least 4 members (excludes halogenated alkanes) is 12. The SMILES string of the molecule is CCCCCCCCCOC(=O)C(C)OC(=O)c1ccc(OC(=O)c2ccc(-c3ccc(C(=O)CCCCCCCCC)cc3)cc2)cc1. The number of hydrogen-bond acceptors (Lipinski definition) is 7. The van der Waals surface area contributed by atoms with Crippen LogP contribution in [0.25, 0.3) is 11.1 Å². The van der Waals surface area contributed by atoms with Crippen molar-refractivity contribution in [3.63, 3.8) is 0 Å². The summed E-state index contributed by atoms with van der Waals surface area (Å²) in [5.74, 6) is -1.33. The Hall–Kier alpha value is -4.26. The molecule has 0 aliphatic heterocycles. The third-order valence-electron chi connectivity index (χ3n) is 8.58. The molecule has 0 bridgehead atoms. The van der Waals surface area contributed by atoms with Gasteiger partial charge >= 0.3 is 17.9 Å². The fraction of sp³-hybridized carbons (Fsp3) is 0.476. The first-order valence-corrected chi connectivity index (χ1v) is 18.3. The number of hydrogen-bond donors (Lipinski definition) is 0. The van der Waals surface area contributed by atoms with E-state index < -0.39 is 24.0 Å². The maximum Gasteiger partial charge on any atom is 0.347 e. The molecule has 49 heavy (non-hydrogen) atoms. The molecule has 3 aromatic rings. The van der Waals surface area contributed by atoms with Crippen molar-refractivity contribution in [3.05, 3.63) is 89.5 Å². The molecule has 1 atom stereocenters. The first-order chi connectivity index (χ1) is 23.8. The highest BCUT2D eigenvalue weighted by Gasteiger charge is 2.20. The average Bonchev–Trinajstić information content (AvgIpc) is 3.12. The lowest BCUT2D eigenvalue weighted by atomic mass is 9.99. The average molecular weight is 671 g/mol. The number of rotatable bonds is 23. The van der Waals surface area contributed by atoms with Crippen LogP contribution in [-0.4, -0.2) is 36.4 Å². The highest BCUT2D eigenvalue weighted by atomic mass is 16.6. The molecule has 0 fully saturated rings. The van der Waals surface area contributed by atoms with E-state index in [-0.39, 0.29) is 17.1 Å². The lowest BCUT2D eigenvalue weighted by Crippen LogP contribution is -2.26. The van der Waals surface area contributed by atoms with Crippen molar-refractivity contribution in [2.24, 2.45) is 0 Å². The van der Waals surface area contributed by atoms with Crippen LogP contribution in [0.2, 0.25) is 0 Å². The quantitative estimate of drug-likeness (QED) is 0.0429. The van der Waals surface area contributed by atoms with E-state index in [2.05, 4.69) is 13.8 Å². The van der Waals surface area contributed by atoms with Crippen LogP contribution in [0.3, 0.4) is 0 Å². The van der Waals surface area contributed by atoms with Gasteiger partial charge in [-0.2, -0.15) is 0 Å². The molecule has 0 aromatic heterocycles. The Morgan fingerprint density at radius 2 is 0.980 bits per heavy atom. The van der Waals surface area contributed by atoms with Crippen molar-refractivity contribution in [2.45, 2.75) is 123 Å². The second-order valence-electron chi connectivity index (χ2n) is 12.7. The third kappa shape index (κ3) is 14.4. The number of ether oxygens (including phenoxy) is 3. The predicted molar refractivity (Wildman–Crippen MR) is 194 cm³/mol. The Morgan fingerprint density at radius 3 is 1.53 bits per heavy atom. The molecule has 0 aliphatic rings. The molecular weight excluding hydrogens is 616 g/mol. The minimum Gasteiger partial charge on any atom is -0.463 e. The second kappa shape index (κ2) is 22.4. The minimum absolute atomic E-state index is 0.173. The van der Waals surface area contributed by atoms with E-state index in [0.717, 1.165) is 48.8 Å². The molecule has 264 valence electrons. The lowest BCUT2D eigenvalue weighted by Gasteiger charge is -2.13. The fourth-order valence-electron chi connectivity index (χ4n) is 5.49. The van der Waals surface area contributed by atoms with E-state index in [1.807, 2.05) is 36.4 Å². The van der Waals surface area contributed by atoms with E-state index in [0.29, 0.717) is 18.6 Å². The van der Waals surface area contributed by atoms with Gasteiger partial charge in [-0.3, -0.25) is 4.79 Å². The molecular formula is C42H54O7. The van der Waals surface area contributed by atoms with Gasteiger partial charge in [0.25, 0.3) is 0 Å². The summed E-state index contributed by atoms with van der Waals surface area (Å²) in [4.78, 5) is 50.2. The molecule has 1 unspecified atom stereocenters. The van der Waals surface area contributed by atoms with Gasteiger partial charge in [0.15, 0.2) is 11.9 Å². The number of esters is 3. The zero-order valence-electron chi connectivity index (χ0n) is 29.7. The van der Waals surface area contributed by atoms with Gasteiger partial charge in [-0.1, -0.05) is 127 Å². The van der Waals surface area contributed by atoms with Crippen LogP contribution in [0.4, 0.5) is 0 Å². The molecule has 0 aliphatic carbocycles. The number of benzene rings is 3. The van der Waals surface area contributed by atoms with E-state index in [9.17, 15) is 19.2 Å². The van der Waals surface area contributed by atoms with Crippen LogP contribution in [0.5, 0.6) is 5.75 Å². The summed E-state index contributed by atoms with van der Waals surface area (Å²) in [6, 6.07) is 20.6. The summed E-state index contributed by atoms with van der Waals surface area (Å²) in [5, 5.41) is 0. The second-order valence-corrected chi connectivity index (χ2v) is 12.7. The Labute approximate surface area is 292 Å². The van der Waals surface area contributed by atoms with Crippen LogP contribution in [0, 0.1) is 0 Å². The van der Waals surface area contributed by atoms with Crippen LogP contribution < -0.4 is 4.74 Å². The predicted octanol–water partition coefficient (Wildman–Crippen LogP) is 10.7. The number of carbonyl (C=O) groups is 4. The molecule has 0 heterocycles. The van der Waals surface area contributed by atoms with Gasteiger partial charge in [0.1, 0.15) is 5.75 Å². The van der Waals surface area contributed by atoms with Gasteiger partial charge in [0, 0.05) is 12.0 Å². The molecule has 3 aromatic carbocycles. The first kappa shape index (κ1) is 39.2. The van der Waals surface area contributed by atoms with Gasteiger partial charge in [0.2, 0.25) is 0 Å². The van der Waals surface area contributed by atoms with Gasteiger partial charge in [-0.15, -0.1) is 0 Å². The zero-order valence-corrected chi connectivity index (χ0v) is 29.7. The monoisotopic (exact) mass is 670 g/mol. The molecule has 0 N–H and O–H groups in total. The maximum atomic E-state index is 12.8. The Kier molecular flexibility index (Phi) is 17.9. The molecule has 0 amide bonds. The van der Waals surface area contributed by atoms with Crippen molar-refractivity contribution in [1.29, 1.82) is 0 Å². The van der Waals surface area contributed by atoms with Gasteiger partial charge in [-0.05, 0) is 67.3 Å². The Bertz CT molecular complexity index is 1430. The molecule has 0 radical (unpaired) electrons. The molecule has 0 spiro atoms. The Balaban J connectivity index is 1.40. The summed E-state index contributed by atoms with van der Waals surface area (Å²) in [6.45, 7) is 6.20. The third-order valence-corrected chi connectivity index (χ3v) is 8.58. The summed E-state index contributed by atoms with van der Waals surface area (Å²) in [7, 11) is 0. The lowest BCUT2D eigenvalue weighted by molar-refractivity contribution is -0.153. The van der Waals surface area contributed by atoms with E-state index in [1.54, 1.807) is 12.1 Å².